The highest BCUT2D eigenvalue weighted by molar-refractivity contribution is 6.74. The molecule has 0 aromatic heterocycles. The van der Waals surface area contributed by atoms with E-state index in [-0.39, 0.29) is 27.9 Å². The van der Waals surface area contributed by atoms with Crippen LogP contribution in [0, 0.1) is 11.8 Å². The number of ketones is 1. The van der Waals surface area contributed by atoms with Gasteiger partial charge in [0.1, 0.15) is 16.8 Å². The SMILES string of the molecule is CC[C@@H](O[Si](C)(C)C(C)(C)C)[C@@](C)(O[Si](C)(C)C(C)(C)C)[C@@H]1OC(c2ccc(OC)cc2)O[C@@H]([C@H](C)C(=O)C(c2ccccc2)(c2ccccc2)c2ccccc2)[C@@H]1C. The fourth-order valence-electron chi connectivity index (χ4n) is 8.51. The monoisotopic (exact) mass is 836 g/mol. The zero-order valence-corrected chi connectivity index (χ0v) is 40.6. The zero-order valence-electron chi connectivity index (χ0n) is 38.6. The van der Waals surface area contributed by atoms with E-state index in [1.54, 1.807) is 7.11 Å². The molecule has 6 nitrogen and oxygen atoms in total. The number of methoxy groups -OCH3 is 1. The van der Waals surface area contributed by atoms with Crippen LogP contribution in [-0.4, -0.2) is 53.4 Å². The Bertz CT molecular complexity index is 1860. The molecule has 1 aliphatic heterocycles. The van der Waals surface area contributed by atoms with Crippen LogP contribution in [-0.2, 0) is 28.5 Å². The Kier molecular flexibility index (Phi) is 14.2. The first-order valence-electron chi connectivity index (χ1n) is 21.6. The number of benzene rings is 4. The molecule has 1 unspecified atom stereocenters. The molecular weight excluding hydrogens is 765 g/mol. The van der Waals surface area contributed by atoms with Crippen LogP contribution < -0.4 is 4.74 Å². The summed E-state index contributed by atoms with van der Waals surface area (Å²) in [4.78, 5) is 16.2. The fraction of sp³-hybridized carbons (Fsp3) is 0.510. The maximum atomic E-state index is 16.2. The van der Waals surface area contributed by atoms with Gasteiger partial charge < -0.3 is 23.1 Å². The average molecular weight is 837 g/mol. The molecule has 4 aromatic rings. The van der Waals surface area contributed by atoms with Gasteiger partial charge in [-0.15, -0.1) is 0 Å². The molecule has 1 fully saturated rings. The molecule has 0 radical (unpaired) electrons. The van der Waals surface area contributed by atoms with Gasteiger partial charge in [0, 0.05) is 17.4 Å². The van der Waals surface area contributed by atoms with Crippen molar-refractivity contribution in [2.24, 2.45) is 11.8 Å². The minimum Gasteiger partial charge on any atom is -0.497 e. The molecule has 0 bridgehead atoms. The highest BCUT2D eigenvalue weighted by Gasteiger charge is 2.59. The smallest absolute Gasteiger partial charge is 0.193 e. The summed E-state index contributed by atoms with van der Waals surface area (Å²) < 4.78 is 35.3. The third-order valence-corrected chi connectivity index (χ3v) is 23.0. The van der Waals surface area contributed by atoms with Crippen LogP contribution in [0.5, 0.6) is 5.75 Å². The van der Waals surface area contributed by atoms with E-state index in [2.05, 4.69) is 132 Å². The second-order valence-electron chi connectivity index (χ2n) is 19.9. The standard InChI is InChI=1S/C51H72O6Si2/c1-16-43(56-58(12,13)48(4,5)6)50(10,57-59(14,15)49(7,8)9)46-37(3)44(54-47(55-46)38-32-34-42(53-11)35-33-38)36(2)45(52)51(39-26-20-17-21-27-39,40-28-22-18-23-29-40)41-30-24-19-25-31-41/h17-37,43-44,46-47H,16H2,1-15H3/t36-,37-,43+,44-,46+,47?,50+/m0/s1. The van der Waals surface area contributed by atoms with Crippen molar-refractivity contribution >= 4 is 22.4 Å². The largest absolute Gasteiger partial charge is 0.497 e. The van der Waals surface area contributed by atoms with Gasteiger partial charge in [0.25, 0.3) is 0 Å². The van der Waals surface area contributed by atoms with Gasteiger partial charge in [0.2, 0.25) is 0 Å². The van der Waals surface area contributed by atoms with Crippen molar-refractivity contribution in [3.05, 3.63) is 138 Å². The maximum Gasteiger partial charge on any atom is 0.193 e. The van der Waals surface area contributed by atoms with Crippen LogP contribution in [0.15, 0.2) is 115 Å². The summed E-state index contributed by atoms with van der Waals surface area (Å²) in [5, 5.41) is -0.109. The maximum absolute atomic E-state index is 16.2. The van der Waals surface area contributed by atoms with Gasteiger partial charge in [-0.2, -0.15) is 0 Å². The first-order chi connectivity index (χ1) is 27.5. The van der Waals surface area contributed by atoms with E-state index >= 15 is 4.79 Å². The lowest BCUT2D eigenvalue weighted by atomic mass is 9.62. The summed E-state index contributed by atoms with van der Waals surface area (Å²) in [5.74, 6) is -0.0666. The van der Waals surface area contributed by atoms with Gasteiger partial charge in [0.05, 0.1) is 25.4 Å². The quantitative estimate of drug-likeness (QED) is 0.0878. The van der Waals surface area contributed by atoms with Crippen molar-refractivity contribution in [2.45, 2.75) is 148 Å². The molecule has 0 spiro atoms. The molecule has 1 saturated heterocycles. The lowest BCUT2D eigenvalue weighted by molar-refractivity contribution is -0.315. The normalized spacial score (nSPS) is 21.6. The number of carbonyl (C=O) groups excluding carboxylic acids is 1. The molecule has 0 aliphatic carbocycles. The lowest BCUT2D eigenvalue weighted by Crippen LogP contribution is -2.66. The highest BCUT2D eigenvalue weighted by atomic mass is 28.4. The topological polar surface area (TPSA) is 63.2 Å². The Labute approximate surface area is 358 Å². The van der Waals surface area contributed by atoms with Gasteiger partial charge in [-0.1, -0.05) is 165 Å². The summed E-state index contributed by atoms with van der Waals surface area (Å²) in [5.41, 5.74) is 1.57. The van der Waals surface area contributed by atoms with Crippen LogP contribution >= 0.6 is 0 Å². The van der Waals surface area contributed by atoms with Crippen molar-refractivity contribution in [3.63, 3.8) is 0 Å². The van der Waals surface area contributed by atoms with Crippen molar-refractivity contribution in [3.8, 4) is 5.75 Å². The number of hydrogen-bond acceptors (Lipinski definition) is 6. The van der Waals surface area contributed by atoms with Crippen LogP contribution in [0.3, 0.4) is 0 Å². The zero-order chi connectivity index (χ0) is 43.6. The Morgan fingerprint density at radius 2 is 1.12 bits per heavy atom. The van der Waals surface area contributed by atoms with Gasteiger partial charge in [-0.25, -0.2) is 0 Å². The van der Waals surface area contributed by atoms with Crippen LogP contribution in [0.25, 0.3) is 0 Å². The number of carbonyl (C=O) groups is 1. The molecule has 0 saturated carbocycles. The summed E-state index contributed by atoms with van der Waals surface area (Å²) in [7, 11) is -3.11. The van der Waals surface area contributed by atoms with Gasteiger partial charge in [0.15, 0.2) is 28.7 Å². The molecule has 0 N–H and O–H groups in total. The number of Topliss-reactive ketones (excluding diaryl/α,β-unsaturated/α-hetero) is 1. The van der Waals surface area contributed by atoms with E-state index in [9.17, 15) is 0 Å². The first kappa shape index (κ1) is 46.7. The third-order valence-electron chi connectivity index (χ3n) is 13.9. The van der Waals surface area contributed by atoms with Crippen LogP contribution in [0.2, 0.25) is 36.3 Å². The molecule has 5 rings (SSSR count). The summed E-state index contributed by atoms with van der Waals surface area (Å²) >= 11 is 0. The summed E-state index contributed by atoms with van der Waals surface area (Å²) in [6.07, 6.45) is -1.40. The fourth-order valence-corrected chi connectivity index (χ4v) is 11.6. The number of ether oxygens (including phenoxy) is 3. The van der Waals surface area contributed by atoms with Crippen LogP contribution in [0.4, 0.5) is 0 Å². The second kappa shape index (κ2) is 17.9. The van der Waals surface area contributed by atoms with E-state index < -0.39 is 52.1 Å². The van der Waals surface area contributed by atoms with Crippen molar-refractivity contribution in [2.75, 3.05) is 7.11 Å². The van der Waals surface area contributed by atoms with Crippen molar-refractivity contribution < 1.29 is 27.9 Å². The number of hydrogen-bond donors (Lipinski definition) is 0. The molecule has 59 heavy (non-hydrogen) atoms. The molecule has 1 heterocycles. The van der Waals surface area contributed by atoms with Gasteiger partial charge in [-0.3, -0.25) is 4.79 Å². The molecule has 7 atom stereocenters. The Morgan fingerprint density at radius 1 is 0.678 bits per heavy atom. The minimum atomic E-state index is -2.47. The molecule has 1 aliphatic rings. The third kappa shape index (κ3) is 9.29. The average Bonchev–Trinajstić information content (AvgIpc) is 3.20. The second-order valence-corrected chi connectivity index (χ2v) is 29.4. The summed E-state index contributed by atoms with van der Waals surface area (Å²) in [6, 6.07) is 38.5. The molecule has 320 valence electrons. The Hall–Kier alpha value is -3.38. The van der Waals surface area contributed by atoms with E-state index in [4.69, 9.17) is 23.1 Å². The molecule has 8 heteroatoms. The van der Waals surface area contributed by atoms with E-state index in [0.717, 1.165) is 34.4 Å². The predicted octanol–water partition coefficient (Wildman–Crippen LogP) is 12.9. The van der Waals surface area contributed by atoms with Gasteiger partial charge >= 0.3 is 0 Å². The summed E-state index contributed by atoms with van der Waals surface area (Å²) in [6.45, 7) is 31.6. The molecular formula is C51H72O6Si2. The number of rotatable bonds is 15. The van der Waals surface area contributed by atoms with E-state index in [0.29, 0.717) is 0 Å². The van der Waals surface area contributed by atoms with Crippen molar-refractivity contribution in [1.29, 1.82) is 0 Å². The van der Waals surface area contributed by atoms with Gasteiger partial charge in [-0.05, 0) is 78.4 Å². The van der Waals surface area contributed by atoms with E-state index in [1.165, 1.54) is 0 Å². The highest BCUT2D eigenvalue weighted by Crippen LogP contribution is 2.51. The first-order valence-corrected chi connectivity index (χ1v) is 27.4. The Morgan fingerprint density at radius 3 is 1.51 bits per heavy atom. The van der Waals surface area contributed by atoms with Crippen LogP contribution in [0.1, 0.15) is 104 Å². The predicted molar refractivity (Wildman–Crippen MR) is 247 cm³/mol. The lowest BCUT2D eigenvalue weighted by Gasteiger charge is -2.56. The van der Waals surface area contributed by atoms with E-state index in [1.807, 2.05) is 78.9 Å². The van der Waals surface area contributed by atoms with Crippen molar-refractivity contribution in [1.82, 2.24) is 0 Å². The molecule has 0 amide bonds. The Balaban J connectivity index is 1.74. The molecule has 4 aromatic carbocycles. The minimum absolute atomic E-state index is 0.0226.